The molecule has 2 saturated carbocycles. The monoisotopic (exact) mass is 549 g/mol. The number of aliphatic hydroxyl groups is 1. The van der Waals surface area contributed by atoms with Crippen molar-refractivity contribution < 1.29 is 14.3 Å². The summed E-state index contributed by atoms with van der Waals surface area (Å²) in [6, 6.07) is 2.42. The van der Waals surface area contributed by atoms with Gasteiger partial charge in [-0.1, -0.05) is 30.1 Å². The molecule has 9 nitrogen and oxygen atoms in total. The number of hydrogen-bond acceptors (Lipinski definition) is 7. The number of halogens is 3. The van der Waals surface area contributed by atoms with Crippen molar-refractivity contribution in [3.8, 4) is 0 Å². The molecule has 12 heteroatoms. The van der Waals surface area contributed by atoms with Crippen LogP contribution in [0.25, 0.3) is 11.2 Å². The van der Waals surface area contributed by atoms with Crippen LogP contribution in [0.15, 0.2) is 18.3 Å². The molecule has 2 aromatic heterocycles. The van der Waals surface area contributed by atoms with Crippen molar-refractivity contribution in [1.29, 1.82) is 0 Å². The number of aromatic nitrogens is 4. The van der Waals surface area contributed by atoms with Crippen molar-refractivity contribution >= 4 is 57.9 Å². The molecule has 2 heterocycles. The second-order valence-corrected chi connectivity index (χ2v) is 11.2. The van der Waals surface area contributed by atoms with Gasteiger partial charge in [-0.3, -0.25) is 9.36 Å². The molecule has 0 aliphatic heterocycles. The van der Waals surface area contributed by atoms with Gasteiger partial charge in [-0.2, -0.15) is 4.98 Å². The van der Waals surface area contributed by atoms with E-state index in [0.29, 0.717) is 60.9 Å². The maximum atomic E-state index is 13.8. The van der Waals surface area contributed by atoms with Crippen molar-refractivity contribution in [2.45, 2.75) is 76.5 Å². The average Bonchev–Trinajstić information content (AvgIpc) is 3.19. The zero-order chi connectivity index (χ0) is 26.3. The number of primary amides is 1. The molecule has 2 atom stereocenters. The number of rotatable bonds is 6. The smallest absolute Gasteiger partial charge is 0.224 e. The Morgan fingerprint density at radius 1 is 1.19 bits per heavy atom. The van der Waals surface area contributed by atoms with E-state index in [-0.39, 0.29) is 34.1 Å². The topological polar surface area (TPSA) is 131 Å². The molecule has 2 fully saturated rings. The highest BCUT2D eigenvalue weighted by Crippen LogP contribution is 2.43. The molecule has 1 unspecified atom stereocenters. The molecule has 3 aromatic rings. The van der Waals surface area contributed by atoms with Gasteiger partial charge in [-0.25, -0.2) is 14.4 Å². The Bertz CT molecular complexity index is 1300. The van der Waals surface area contributed by atoms with Crippen LogP contribution in [0.2, 0.25) is 10.0 Å². The molecule has 0 saturated heterocycles. The summed E-state index contributed by atoms with van der Waals surface area (Å²) < 4.78 is 15.8. The second kappa shape index (κ2) is 10.2. The van der Waals surface area contributed by atoms with Gasteiger partial charge in [0.1, 0.15) is 11.3 Å². The summed E-state index contributed by atoms with van der Waals surface area (Å²) in [5, 5.41) is 16.8. The van der Waals surface area contributed by atoms with Crippen molar-refractivity contribution in [1.82, 2.24) is 19.5 Å². The van der Waals surface area contributed by atoms with E-state index in [0.717, 1.165) is 19.3 Å². The number of fused-ring (bicyclic) bond motifs is 1. The Morgan fingerprint density at radius 3 is 2.54 bits per heavy atom. The van der Waals surface area contributed by atoms with Gasteiger partial charge in [0.05, 0.1) is 28.0 Å². The number of benzene rings is 1. The zero-order valence-corrected chi connectivity index (χ0v) is 22.0. The van der Waals surface area contributed by atoms with Gasteiger partial charge in [0.2, 0.25) is 17.8 Å². The fourth-order valence-corrected chi connectivity index (χ4v) is 5.94. The van der Waals surface area contributed by atoms with E-state index in [1.165, 1.54) is 12.1 Å². The number of imidazole rings is 1. The minimum atomic E-state index is -0.562. The number of nitrogens with two attached hydrogens (primary N) is 1. The van der Waals surface area contributed by atoms with Crippen molar-refractivity contribution in [2.24, 2.45) is 11.1 Å². The first kappa shape index (κ1) is 25.9. The fraction of sp³-hybridized carbons (Fsp3) is 0.520. The molecule has 1 aromatic carbocycles. The molecular formula is C25H30Cl2FN7O2. The molecule has 0 spiro atoms. The van der Waals surface area contributed by atoms with E-state index in [1.54, 1.807) is 6.20 Å². The maximum Gasteiger partial charge on any atom is 0.224 e. The van der Waals surface area contributed by atoms with E-state index in [4.69, 9.17) is 38.9 Å². The Balaban J connectivity index is 1.52. The van der Waals surface area contributed by atoms with Gasteiger partial charge in [0.25, 0.3) is 0 Å². The molecule has 2 aliphatic carbocycles. The van der Waals surface area contributed by atoms with Crippen LogP contribution < -0.4 is 16.4 Å². The number of amides is 1. The van der Waals surface area contributed by atoms with Crippen LogP contribution in [-0.2, 0) is 4.79 Å². The first-order valence-corrected chi connectivity index (χ1v) is 13.3. The van der Waals surface area contributed by atoms with Crippen molar-refractivity contribution in [3.05, 3.63) is 34.2 Å². The van der Waals surface area contributed by atoms with E-state index in [1.807, 2.05) is 11.5 Å². The standard InChI is InChI=1S/C25H30Cl2FN7O2/c1-25(22(29)37)7-5-15(6-8-25)35-21-19(12-30-23(34-21)31-14-3-2-4-16(36)11-14)32-24(35)33-20-17(26)9-13(28)10-18(20)27/h9-10,12,14-16,36H,2-8,11H2,1H3,(H2,29,37)(H,32,33)(H,30,31,34)/t14-,15-,16?,25+/m0/s1. The SMILES string of the molecule is C[C@]1(C(N)=O)CC[C@@H](n2c(Nc3c(Cl)cc(F)cc3Cl)nc3cnc(N[C@H]4CCCC(O)C4)nc32)CC1. The lowest BCUT2D eigenvalue weighted by molar-refractivity contribution is -0.128. The normalized spacial score (nSPS) is 26.2. The number of aliphatic hydroxyl groups excluding tert-OH is 1. The van der Waals surface area contributed by atoms with E-state index >= 15 is 0 Å². The van der Waals surface area contributed by atoms with Crippen LogP contribution in [0, 0.1) is 11.2 Å². The molecule has 37 heavy (non-hydrogen) atoms. The lowest BCUT2D eigenvalue weighted by Crippen LogP contribution is -2.38. The van der Waals surface area contributed by atoms with Gasteiger partial charge >= 0.3 is 0 Å². The lowest BCUT2D eigenvalue weighted by Gasteiger charge is -2.35. The Morgan fingerprint density at radius 2 is 1.89 bits per heavy atom. The average molecular weight is 550 g/mol. The number of carbonyl (C=O) groups is 1. The highest BCUT2D eigenvalue weighted by Gasteiger charge is 2.38. The summed E-state index contributed by atoms with van der Waals surface area (Å²) >= 11 is 12.6. The second-order valence-electron chi connectivity index (χ2n) is 10.4. The quantitative estimate of drug-likeness (QED) is 0.326. The summed E-state index contributed by atoms with van der Waals surface area (Å²) in [6.07, 6.45) is 7.26. The van der Waals surface area contributed by atoms with Gasteiger partial charge in [-0.15, -0.1) is 0 Å². The highest BCUT2D eigenvalue weighted by atomic mass is 35.5. The number of nitrogens with one attached hydrogen (secondary N) is 2. The molecule has 1 amide bonds. The molecule has 5 rings (SSSR count). The van der Waals surface area contributed by atoms with Crippen molar-refractivity contribution in [3.63, 3.8) is 0 Å². The Labute approximate surface area is 224 Å². The number of anilines is 3. The number of nitrogens with zero attached hydrogens (tertiary/aromatic N) is 4. The minimum absolute atomic E-state index is 0.0304. The molecule has 0 radical (unpaired) electrons. The van der Waals surface area contributed by atoms with Crippen LogP contribution in [0.1, 0.15) is 64.3 Å². The van der Waals surface area contributed by atoms with E-state index < -0.39 is 11.2 Å². The first-order valence-electron chi connectivity index (χ1n) is 12.5. The zero-order valence-electron chi connectivity index (χ0n) is 20.5. The van der Waals surface area contributed by atoms with Gasteiger partial charge < -0.3 is 21.5 Å². The Kier molecular flexibility index (Phi) is 7.17. The fourth-order valence-electron chi connectivity index (χ4n) is 5.39. The Hall–Kier alpha value is -2.69. The third kappa shape index (κ3) is 5.32. The molecular weight excluding hydrogens is 520 g/mol. The van der Waals surface area contributed by atoms with Gasteiger partial charge in [-0.05, 0) is 63.5 Å². The molecule has 2 aliphatic rings. The molecule has 198 valence electrons. The first-order chi connectivity index (χ1) is 17.6. The van der Waals surface area contributed by atoms with Crippen LogP contribution in [0.4, 0.5) is 22.0 Å². The van der Waals surface area contributed by atoms with Gasteiger partial charge in [0, 0.05) is 17.5 Å². The summed E-state index contributed by atoms with van der Waals surface area (Å²) in [5.74, 6) is 0.0576. The third-order valence-corrected chi connectivity index (χ3v) is 8.27. The predicted molar refractivity (Wildman–Crippen MR) is 142 cm³/mol. The van der Waals surface area contributed by atoms with Crippen LogP contribution in [0.3, 0.4) is 0 Å². The summed E-state index contributed by atoms with van der Waals surface area (Å²) in [5.41, 5.74) is 6.62. The lowest BCUT2D eigenvalue weighted by atomic mass is 9.73. The summed E-state index contributed by atoms with van der Waals surface area (Å²) in [7, 11) is 0. The van der Waals surface area contributed by atoms with E-state index in [2.05, 4.69) is 15.6 Å². The molecule has 0 bridgehead atoms. The van der Waals surface area contributed by atoms with Crippen LogP contribution in [-0.4, -0.2) is 42.7 Å². The van der Waals surface area contributed by atoms with Crippen molar-refractivity contribution in [2.75, 3.05) is 10.6 Å². The van der Waals surface area contributed by atoms with Gasteiger partial charge in [0.15, 0.2) is 5.65 Å². The maximum absolute atomic E-state index is 13.8. The highest BCUT2D eigenvalue weighted by molar-refractivity contribution is 6.39. The summed E-state index contributed by atoms with van der Waals surface area (Å²) in [4.78, 5) is 26.0. The largest absolute Gasteiger partial charge is 0.393 e. The summed E-state index contributed by atoms with van der Waals surface area (Å²) in [6.45, 7) is 1.90. The van der Waals surface area contributed by atoms with E-state index in [9.17, 15) is 14.3 Å². The number of carbonyl (C=O) groups excluding carboxylic acids is 1. The number of hydrogen-bond donors (Lipinski definition) is 4. The van der Waals surface area contributed by atoms with Crippen LogP contribution >= 0.6 is 23.2 Å². The predicted octanol–water partition coefficient (Wildman–Crippen LogP) is 5.34. The minimum Gasteiger partial charge on any atom is -0.393 e. The third-order valence-electron chi connectivity index (χ3n) is 7.67. The van der Waals surface area contributed by atoms with Crippen LogP contribution in [0.5, 0.6) is 0 Å². The molecule has 5 N–H and O–H groups in total.